The van der Waals surface area contributed by atoms with E-state index < -0.39 is 70.0 Å². The van der Waals surface area contributed by atoms with Gasteiger partial charge in [-0.15, -0.1) is 0 Å². The number of benzene rings is 8. The third-order valence-corrected chi connectivity index (χ3v) is 16.4. The van der Waals surface area contributed by atoms with Crippen molar-refractivity contribution in [3.63, 3.8) is 0 Å². The number of oxazole rings is 4. The van der Waals surface area contributed by atoms with E-state index in [2.05, 4.69) is 26.5 Å². The Balaban J connectivity index is 0.000000152. The van der Waals surface area contributed by atoms with Crippen LogP contribution < -0.4 is 0 Å². The standard InChI is InChI=1S/C20H16F2INO4.C18H14F2INO4.C15H8F2INO3.C15H9F2NO3/c1-2-26-5-6-27-10-17(25)14-9-18-20(24-11-28-18)19(22)15(14)7-12-3-4-13(23)8-16(12)21;19-14-6-11(21)2-1-10(14)5-13-12(15(24)8-25-4-3-23)7-16-18(17(13)20)22-9-26-16;16-11-4-8(18)2-1-7(11)3-9-10(15(20)21)5-12-14(13(9)17)19-6-22-12;16-11-4-2-1-3-8(11)5-9-10(15(19)20)6-12-14(13(9)17)18-7-21-12/h2-4,8-9,11H,1,5-7,10H2;1-2,6-7,9,23H,3-5,8H2;1-2,4-6H,3H2,(H,20,21);1-4,6-7H,5H2,(H,19,20). The summed E-state index contributed by atoms with van der Waals surface area (Å²) >= 11 is 5.93. The highest BCUT2D eigenvalue weighted by Crippen LogP contribution is 2.33. The zero-order valence-corrected chi connectivity index (χ0v) is 56.2. The topological polar surface area (TPSA) is 261 Å². The number of aromatic carboxylic acids is 2. The molecule has 97 heavy (non-hydrogen) atoms. The Hall–Kier alpha value is -9.03. The van der Waals surface area contributed by atoms with Crippen molar-refractivity contribution < 1.29 is 102 Å². The number of halogens is 11. The maximum atomic E-state index is 15.0. The lowest BCUT2D eigenvalue weighted by molar-refractivity contribution is 0.0636. The molecule has 0 amide bonds. The lowest BCUT2D eigenvalue weighted by Crippen LogP contribution is -2.15. The summed E-state index contributed by atoms with van der Waals surface area (Å²) < 4.78 is 152. The van der Waals surface area contributed by atoms with Gasteiger partial charge in [0.25, 0.3) is 0 Å². The normalized spacial score (nSPS) is 11.1. The average Bonchev–Trinajstić information content (AvgIpc) is 1.78. The van der Waals surface area contributed by atoms with Gasteiger partial charge >= 0.3 is 11.9 Å². The maximum Gasteiger partial charge on any atom is 0.336 e. The molecule has 4 aromatic heterocycles. The Morgan fingerprint density at radius 2 is 0.753 bits per heavy atom. The zero-order valence-electron chi connectivity index (χ0n) is 49.8. The molecular formula is C68H47F8I3N4O14. The molecule has 0 aliphatic heterocycles. The van der Waals surface area contributed by atoms with E-state index in [4.69, 9.17) is 37.0 Å². The molecule has 12 rings (SSSR count). The Bertz CT molecular complexity index is 4930. The van der Waals surface area contributed by atoms with E-state index in [1.807, 2.05) is 67.8 Å². The van der Waals surface area contributed by atoms with E-state index in [1.54, 1.807) is 36.4 Å². The predicted molar refractivity (Wildman–Crippen MR) is 358 cm³/mol. The van der Waals surface area contributed by atoms with Crippen molar-refractivity contribution in [3.05, 3.63) is 266 Å². The SMILES string of the molecule is C=COCCOCC(=O)c1cc2ocnc2c(F)c1Cc1ccc(I)cc1F.O=C(COCCO)c1cc2ocnc2c(F)c1Cc1ccc(I)cc1F.O=C(O)c1cc2ocnc2c(F)c1Cc1ccc(I)cc1F.O=C(O)c1cc2ocnc2c(F)c1Cc1ccccc1F. The highest BCUT2D eigenvalue weighted by molar-refractivity contribution is 14.1. The number of aliphatic hydroxyl groups excluding tert-OH is 1. The van der Waals surface area contributed by atoms with Crippen LogP contribution in [0.25, 0.3) is 44.4 Å². The molecule has 18 nitrogen and oxygen atoms in total. The Labute approximate surface area is 583 Å². The molecule has 3 N–H and O–H groups in total. The van der Waals surface area contributed by atoms with Gasteiger partial charge in [0.05, 0.1) is 37.2 Å². The number of hydrogen-bond donors (Lipinski definition) is 3. The second-order valence-corrected chi connectivity index (χ2v) is 24.2. The lowest BCUT2D eigenvalue weighted by atomic mass is 9.95. The molecule has 8 aromatic carbocycles. The van der Waals surface area contributed by atoms with Crippen molar-refractivity contribution in [2.75, 3.05) is 39.6 Å². The molecule has 0 bridgehead atoms. The van der Waals surface area contributed by atoms with Crippen LogP contribution in [0.15, 0.2) is 159 Å². The zero-order chi connectivity index (χ0) is 69.6. The Morgan fingerprint density at radius 3 is 1.07 bits per heavy atom. The number of carboxylic acids is 2. The van der Waals surface area contributed by atoms with Crippen LogP contribution in [0.1, 0.15) is 85.9 Å². The molecule has 0 aliphatic carbocycles. The van der Waals surface area contributed by atoms with E-state index in [-0.39, 0.29) is 176 Å². The first-order chi connectivity index (χ1) is 46.6. The Morgan fingerprint density at radius 1 is 0.433 bits per heavy atom. The van der Waals surface area contributed by atoms with Crippen molar-refractivity contribution in [1.29, 1.82) is 0 Å². The van der Waals surface area contributed by atoms with Gasteiger partial charge in [0, 0.05) is 69.8 Å². The summed E-state index contributed by atoms with van der Waals surface area (Å²) in [7, 11) is 0. The van der Waals surface area contributed by atoms with Crippen LogP contribution in [-0.4, -0.2) is 98.4 Å². The highest BCUT2D eigenvalue weighted by atomic mass is 127. The van der Waals surface area contributed by atoms with Gasteiger partial charge in [0.2, 0.25) is 0 Å². The predicted octanol–water partition coefficient (Wildman–Crippen LogP) is 15.5. The maximum absolute atomic E-state index is 15.0. The van der Waals surface area contributed by atoms with Crippen LogP contribution in [0.4, 0.5) is 35.1 Å². The smallest absolute Gasteiger partial charge is 0.336 e. The summed E-state index contributed by atoms with van der Waals surface area (Å²) in [5.74, 6) is -8.57. The molecule has 4 heterocycles. The third kappa shape index (κ3) is 17.6. The van der Waals surface area contributed by atoms with Crippen LogP contribution >= 0.6 is 67.8 Å². The van der Waals surface area contributed by atoms with Crippen LogP contribution in [0.5, 0.6) is 0 Å². The van der Waals surface area contributed by atoms with E-state index >= 15 is 4.39 Å². The van der Waals surface area contributed by atoms with Gasteiger partial charge in [-0.3, -0.25) is 9.59 Å². The van der Waals surface area contributed by atoms with Crippen LogP contribution in [-0.2, 0) is 39.9 Å². The first kappa shape index (κ1) is 72.2. The second-order valence-electron chi connectivity index (χ2n) is 20.5. The number of aliphatic hydroxyl groups is 1. The number of aromatic nitrogens is 4. The average molecular weight is 1680 g/mol. The Kier molecular flexibility index (Phi) is 24.8. The molecule has 0 spiro atoms. The van der Waals surface area contributed by atoms with Crippen molar-refractivity contribution in [3.8, 4) is 0 Å². The van der Waals surface area contributed by atoms with E-state index in [1.165, 1.54) is 73.0 Å². The van der Waals surface area contributed by atoms with Gasteiger partial charge < -0.3 is 47.2 Å². The third-order valence-electron chi connectivity index (χ3n) is 14.4. The molecular weight excluding hydrogens is 1630 g/mol. The lowest BCUT2D eigenvalue weighted by Gasteiger charge is -2.12. The molecule has 0 saturated carbocycles. The van der Waals surface area contributed by atoms with Crippen LogP contribution in [0, 0.1) is 57.2 Å². The quantitative estimate of drug-likeness (QED) is 0.0187. The van der Waals surface area contributed by atoms with Gasteiger partial charge in [-0.2, -0.15) is 0 Å². The highest BCUT2D eigenvalue weighted by Gasteiger charge is 2.27. The number of fused-ring (bicyclic) bond motifs is 4. The molecule has 0 unspecified atom stereocenters. The summed E-state index contributed by atoms with van der Waals surface area (Å²) in [6.07, 6.45) is 4.95. The van der Waals surface area contributed by atoms with E-state index in [0.29, 0.717) is 7.14 Å². The monoisotopic (exact) mass is 1680 g/mol. The molecule has 0 atom stereocenters. The number of ether oxygens (including phenoxy) is 3. The van der Waals surface area contributed by atoms with Gasteiger partial charge in [-0.05, 0) is 157 Å². The minimum Gasteiger partial charge on any atom is -0.499 e. The molecule has 29 heteroatoms. The van der Waals surface area contributed by atoms with Crippen molar-refractivity contribution in [1.82, 2.24) is 19.9 Å². The molecule has 500 valence electrons. The number of ketones is 2. The molecule has 0 saturated heterocycles. The van der Waals surface area contributed by atoms with E-state index in [0.717, 1.165) is 29.1 Å². The number of carbonyl (C=O) groups excluding carboxylic acids is 2. The number of nitrogens with zero attached hydrogens (tertiary/aromatic N) is 4. The number of Topliss-reactive ketones (excluding diaryl/α,β-unsaturated/α-hetero) is 2. The fourth-order valence-corrected chi connectivity index (χ4v) is 11.1. The number of hydrogen-bond acceptors (Lipinski definition) is 16. The van der Waals surface area contributed by atoms with Crippen molar-refractivity contribution in [2.24, 2.45) is 0 Å². The summed E-state index contributed by atoms with van der Waals surface area (Å²) in [4.78, 5) is 62.8. The first-order valence-corrected chi connectivity index (χ1v) is 31.6. The number of rotatable bonds is 22. The molecule has 12 aromatic rings. The molecule has 0 aliphatic rings. The fourth-order valence-electron chi connectivity index (χ4n) is 9.72. The van der Waals surface area contributed by atoms with Gasteiger partial charge in [0.1, 0.15) is 65.2 Å². The van der Waals surface area contributed by atoms with Crippen LogP contribution in [0.3, 0.4) is 0 Å². The van der Waals surface area contributed by atoms with Gasteiger partial charge in [0.15, 0.2) is 82.7 Å². The minimum absolute atomic E-state index is 0.00206. The summed E-state index contributed by atoms with van der Waals surface area (Å²) in [5.41, 5.74) is 0.608. The number of carboxylic acid groups (broad SMARTS) is 2. The first-order valence-electron chi connectivity index (χ1n) is 28.3. The van der Waals surface area contributed by atoms with Crippen molar-refractivity contribution >= 4 is 136 Å². The fraction of sp³-hybridized carbons (Fsp3) is 0.147. The second kappa shape index (κ2) is 33.3. The summed E-state index contributed by atoms with van der Waals surface area (Å²) in [6, 6.07) is 24.8. The number of carbonyl (C=O) groups is 4. The van der Waals surface area contributed by atoms with Crippen molar-refractivity contribution in [2.45, 2.75) is 25.7 Å². The van der Waals surface area contributed by atoms with Crippen LogP contribution in [0.2, 0.25) is 0 Å². The van der Waals surface area contributed by atoms with Gasteiger partial charge in [-0.25, -0.2) is 64.6 Å². The summed E-state index contributed by atoms with van der Waals surface area (Å²) in [5, 5.41) is 27.2. The molecule has 0 fully saturated rings. The minimum atomic E-state index is -1.31. The van der Waals surface area contributed by atoms with E-state index in [9.17, 15) is 60.1 Å². The molecule has 0 radical (unpaired) electrons. The largest absolute Gasteiger partial charge is 0.499 e. The van der Waals surface area contributed by atoms with Gasteiger partial charge in [-0.1, -0.05) is 43.0 Å². The summed E-state index contributed by atoms with van der Waals surface area (Å²) in [6.45, 7) is 2.97.